The van der Waals surface area contributed by atoms with Gasteiger partial charge in [0.1, 0.15) is 4.90 Å². The number of nitrogens with zero attached hydrogens (tertiary/aromatic N) is 2. The third-order valence-corrected chi connectivity index (χ3v) is 11.1. The van der Waals surface area contributed by atoms with Crippen molar-refractivity contribution in [1.29, 1.82) is 0 Å². The second-order valence-electron chi connectivity index (χ2n) is 9.10. The zero-order valence-electron chi connectivity index (χ0n) is 19.7. The smallest absolute Gasteiger partial charge is 0.244 e. The van der Waals surface area contributed by atoms with E-state index in [1.54, 1.807) is 24.3 Å². The molecule has 1 atom stereocenters. The number of nitrogens with one attached hydrogen (secondary N) is 1. The average molecular weight is 575 g/mol. The molecule has 2 fully saturated rings. The van der Waals surface area contributed by atoms with Gasteiger partial charge in [0.2, 0.25) is 26.0 Å². The van der Waals surface area contributed by atoms with E-state index in [0.29, 0.717) is 32.5 Å². The van der Waals surface area contributed by atoms with Crippen LogP contribution in [0.1, 0.15) is 37.7 Å². The van der Waals surface area contributed by atoms with Gasteiger partial charge in [0.05, 0.1) is 15.8 Å². The topological polar surface area (TPSA) is 104 Å². The number of carbonyl (C=O) groups is 1. The predicted octanol–water partition coefficient (Wildman–Crippen LogP) is 3.89. The van der Waals surface area contributed by atoms with Gasteiger partial charge in [-0.15, -0.1) is 0 Å². The second-order valence-corrected chi connectivity index (χ2v) is 13.8. The summed E-state index contributed by atoms with van der Waals surface area (Å²) < 4.78 is 54.7. The van der Waals surface area contributed by atoms with Crippen LogP contribution in [-0.2, 0) is 31.4 Å². The number of piperidine rings is 2. The summed E-state index contributed by atoms with van der Waals surface area (Å²) in [6.07, 6.45) is 3.89. The first-order chi connectivity index (χ1) is 17.1. The van der Waals surface area contributed by atoms with Crippen LogP contribution in [0.15, 0.2) is 52.3 Å². The molecule has 0 saturated carbocycles. The monoisotopic (exact) mass is 573 g/mol. The van der Waals surface area contributed by atoms with Gasteiger partial charge in [0.15, 0.2) is 0 Å². The molecule has 2 aliphatic heterocycles. The molecule has 196 valence electrons. The van der Waals surface area contributed by atoms with E-state index in [4.69, 9.17) is 23.2 Å². The molecular formula is C24H29Cl2N3O5S2. The quantitative estimate of drug-likeness (QED) is 0.541. The molecule has 0 spiro atoms. The maximum Gasteiger partial charge on any atom is 0.244 e. The molecule has 8 nitrogen and oxygen atoms in total. The Bertz CT molecular complexity index is 1310. The zero-order chi connectivity index (χ0) is 25.9. The van der Waals surface area contributed by atoms with Crippen molar-refractivity contribution in [3.8, 4) is 0 Å². The third kappa shape index (κ3) is 6.06. The lowest BCUT2D eigenvalue weighted by atomic mass is 9.99. The van der Waals surface area contributed by atoms with Crippen molar-refractivity contribution in [1.82, 2.24) is 13.9 Å². The van der Waals surface area contributed by atoms with Gasteiger partial charge in [-0.1, -0.05) is 41.8 Å². The van der Waals surface area contributed by atoms with Crippen LogP contribution in [-0.4, -0.2) is 57.5 Å². The SMILES string of the molecule is O=C(NCc1ccc(S(=O)(=O)N2CCCCC2)cc1)[C@@H]1CCCN(S(=O)(=O)c2cc(Cl)ccc2Cl)C1. The molecule has 2 saturated heterocycles. The Morgan fingerprint density at radius 2 is 1.53 bits per heavy atom. The van der Waals surface area contributed by atoms with Crippen LogP contribution in [0, 0.1) is 5.92 Å². The van der Waals surface area contributed by atoms with E-state index in [0.717, 1.165) is 24.8 Å². The number of sulfonamides is 2. The fourth-order valence-corrected chi connectivity index (χ4v) is 8.33. The standard InChI is InChI=1S/C24H29Cl2N3O5S2/c25-20-8-11-22(26)23(15-20)36(33,34)29-14-4-5-19(17-29)24(30)27-16-18-6-9-21(10-7-18)35(31,32)28-12-2-1-3-13-28/h6-11,15,19H,1-5,12-14,16-17H2,(H,27,30)/t19-/m1/s1. The summed E-state index contributed by atoms with van der Waals surface area (Å²) in [5.41, 5.74) is 0.756. The normalized spacial score (nSPS) is 20.2. The van der Waals surface area contributed by atoms with Crippen LogP contribution >= 0.6 is 23.2 Å². The summed E-state index contributed by atoms with van der Waals surface area (Å²) in [7, 11) is -7.41. The highest BCUT2D eigenvalue weighted by Crippen LogP contribution is 2.30. The summed E-state index contributed by atoms with van der Waals surface area (Å²) in [5.74, 6) is -0.762. The van der Waals surface area contributed by atoms with E-state index < -0.39 is 26.0 Å². The first-order valence-electron chi connectivity index (χ1n) is 11.9. The predicted molar refractivity (Wildman–Crippen MR) is 139 cm³/mol. The van der Waals surface area contributed by atoms with E-state index in [-0.39, 0.29) is 38.8 Å². The van der Waals surface area contributed by atoms with Crippen LogP contribution in [0.5, 0.6) is 0 Å². The third-order valence-electron chi connectivity index (χ3n) is 6.61. The Morgan fingerprint density at radius 1 is 0.861 bits per heavy atom. The first kappa shape index (κ1) is 27.3. The number of amides is 1. The van der Waals surface area contributed by atoms with E-state index in [1.807, 2.05) is 0 Å². The zero-order valence-corrected chi connectivity index (χ0v) is 22.8. The number of carbonyl (C=O) groups excluding carboxylic acids is 1. The molecule has 2 heterocycles. The van der Waals surface area contributed by atoms with Gasteiger partial charge in [-0.3, -0.25) is 4.79 Å². The van der Waals surface area contributed by atoms with E-state index in [1.165, 1.54) is 26.8 Å². The first-order valence-corrected chi connectivity index (χ1v) is 15.5. The maximum absolute atomic E-state index is 13.1. The largest absolute Gasteiger partial charge is 0.352 e. The molecule has 2 aromatic carbocycles. The molecule has 4 rings (SSSR count). The Labute approximate surface area is 222 Å². The number of hydrogen-bond acceptors (Lipinski definition) is 5. The number of benzene rings is 2. The van der Waals surface area contributed by atoms with Gasteiger partial charge in [0.25, 0.3) is 0 Å². The lowest BCUT2D eigenvalue weighted by Crippen LogP contribution is -2.45. The number of rotatable bonds is 7. The molecule has 0 aliphatic carbocycles. The molecule has 0 bridgehead atoms. The van der Waals surface area contributed by atoms with E-state index >= 15 is 0 Å². The summed E-state index contributed by atoms with van der Waals surface area (Å²) in [6, 6.07) is 10.8. The molecule has 1 amide bonds. The van der Waals surface area contributed by atoms with Crippen LogP contribution in [0.25, 0.3) is 0 Å². The van der Waals surface area contributed by atoms with Gasteiger partial charge >= 0.3 is 0 Å². The van der Waals surface area contributed by atoms with Gasteiger partial charge in [-0.05, 0) is 61.6 Å². The molecular weight excluding hydrogens is 545 g/mol. The summed E-state index contributed by atoms with van der Waals surface area (Å²) >= 11 is 12.1. The molecule has 2 aliphatic rings. The summed E-state index contributed by atoms with van der Waals surface area (Å²) in [6.45, 7) is 1.63. The van der Waals surface area contributed by atoms with Gasteiger partial charge < -0.3 is 5.32 Å². The van der Waals surface area contributed by atoms with Crippen LogP contribution in [0.3, 0.4) is 0 Å². The molecule has 0 unspecified atom stereocenters. The van der Waals surface area contributed by atoms with Crippen molar-refractivity contribution in [3.63, 3.8) is 0 Å². The highest BCUT2D eigenvalue weighted by Gasteiger charge is 2.34. The molecule has 2 aromatic rings. The minimum absolute atomic E-state index is 0.0457. The maximum atomic E-state index is 13.1. The Balaban J connectivity index is 1.37. The van der Waals surface area contributed by atoms with Crippen LogP contribution < -0.4 is 5.32 Å². The Morgan fingerprint density at radius 3 is 2.22 bits per heavy atom. The molecule has 12 heteroatoms. The van der Waals surface area contributed by atoms with Crippen molar-refractivity contribution in [2.75, 3.05) is 26.2 Å². The van der Waals surface area contributed by atoms with Crippen molar-refractivity contribution < 1.29 is 21.6 Å². The van der Waals surface area contributed by atoms with Gasteiger partial charge in [-0.25, -0.2) is 16.8 Å². The number of halogens is 2. The summed E-state index contributed by atoms with van der Waals surface area (Å²) in [5, 5.41) is 3.20. The van der Waals surface area contributed by atoms with Crippen molar-refractivity contribution >= 4 is 49.2 Å². The van der Waals surface area contributed by atoms with Gasteiger partial charge in [0, 0.05) is 37.7 Å². The Kier molecular flexibility index (Phi) is 8.63. The summed E-state index contributed by atoms with van der Waals surface area (Å²) in [4.78, 5) is 13.0. The lowest BCUT2D eigenvalue weighted by molar-refractivity contribution is -0.126. The van der Waals surface area contributed by atoms with Crippen molar-refractivity contribution in [2.45, 2.75) is 48.4 Å². The molecule has 1 N–H and O–H groups in total. The van der Waals surface area contributed by atoms with Crippen molar-refractivity contribution in [3.05, 3.63) is 58.1 Å². The minimum atomic E-state index is -3.90. The molecule has 36 heavy (non-hydrogen) atoms. The van der Waals surface area contributed by atoms with Crippen LogP contribution in [0.4, 0.5) is 0 Å². The van der Waals surface area contributed by atoms with Gasteiger partial charge in [-0.2, -0.15) is 8.61 Å². The molecule has 0 radical (unpaired) electrons. The Hall–Kier alpha value is -1.69. The highest BCUT2D eigenvalue weighted by molar-refractivity contribution is 7.89. The molecule has 0 aromatic heterocycles. The van der Waals surface area contributed by atoms with Crippen LogP contribution in [0.2, 0.25) is 10.0 Å². The second kappa shape index (κ2) is 11.4. The van der Waals surface area contributed by atoms with E-state index in [2.05, 4.69) is 5.32 Å². The average Bonchev–Trinajstić information content (AvgIpc) is 2.89. The van der Waals surface area contributed by atoms with Crippen molar-refractivity contribution in [2.24, 2.45) is 5.92 Å². The minimum Gasteiger partial charge on any atom is -0.352 e. The lowest BCUT2D eigenvalue weighted by Gasteiger charge is -2.31. The van der Waals surface area contributed by atoms with E-state index in [9.17, 15) is 21.6 Å². The fourth-order valence-electron chi connectivity index (χ4n) is 4.56. The fraction of sp³-hybridized carbons (Fsp3) is 0.458. The number of hydrogen-bond donors (Lipinski definition) is 1. The highest BCUT2D eigenvalue weighted by atomic mass is 35.5.